The summed E-state index contributed by atoms with van der Waals surface area (Å²) in [7, 11) is 0. The van der Waals surface area contributed by atoms with Crippen LogP contribution in [0.2, 0.25) is 0 Å². The summed E-state index contributed by atoms with van der Waals surface area (Å²) in [6, 6.07) is 8.40. The molecule has 0 bridgehead atoms. The van der Waals surface area contributed by atoms with Crippen molar-refractivity contribution in [1.29, 1.82) is 0 Å². The number of rotatable bonds is 4. The van der Waals surface area contributed by atoms with E-state index in [0.29, 0.717) is 4.47 Å². The molecule has 0 atom stereocenters. The van der Waals surface area contributed by atoms with E-state index >= 15 is 0 Å². The quantitative estimate of drug-likeness (QED) is 0.679. The Hall–Kier alpha value is -1.99. The Labute approximate surface area is 122 Å². The monoisotopic (exact) mass is 340 g/mol. The smallest absolute Gasteiger partial charge is 0.273 e. The van der Waals surface area contributed by atoms with Crippen molar-refractivity contribution >= 4 is 21.6 Å². The molecular weight excluding hydrogens is 331 g/mol. The van der Waals surface area contributed by atoms with Crippen LogP contribution in [0.4, 0.5) is 10.1 Å². The van der Waals surface area contributed by atoms with Crippen molar-refractivity contribution in [1.82, 2.24) is 0 Å². The van der Waals surface area contributed by atoms with Crippen LogP contribution in [-0.2, 0) is 6.54 Å². The highest BCUT2D eigenvalue weighted by molar-refractivity contribution is 9.10. The summed E-state index contributed by atoms with van der Waals surface area (Å²) in [6.07, 6.45) is 0. The molecule has 2 rings (SSSR count). The highest BCUT2D eigenvalue weighted by atomic mass is 79.9. The Bertz CT molecular complexity index is 664. The Morgan fingerprint density at radius 2 is 2.05 bits per heavy atom. The van der Waals surface area contributed by atoms with E-state index in [1.807, 2.05) is 0 Å². The number of non-ortho nitro benzene ring substituents is 1. The third-order valence-corrected chi connectivity index (χ3v) is 3.28. The molecular formula is C13H10BrFN2O3. The summed E-state index contributed by atoms with van der Waals surface area (Å²) < 4.78 is 19.6. The van der Waals surface area contributed by atoms with Gasteiger partial charge in [-0.25, -0.2) is 4.39 Å². The maximum atomic E-state index is 13.6. The zero-order chi connectivity index (χ0) is 14.7. The van der Waals surface area contributed by atoms with Gasteiger partial charge in [0.25, 0.3) is 5.69 Å². The third kappa shape index (κ3) is 2.94. The molecule has 0 unspecified atom stereocenters. The van der Waals surface area contributed by atoms with Gasteiger partial charge in [0.2, 0.25) is 0 Å². The molecule has 0 spiro atoms. The van der Waals surface area contributed by atoms with Crippen LogP contribution in [-0.4, -0.2) is 4.92 Å². The lowest BCUT2D eigenvalue weighted by molar-refractivity contribution is -0.384. The Kier molecular flexibility index (Phi) is 4.31. The van der Waals surface area contributed by atoms with Gasteiger partial charge >= 0.3 is 0 Å². The number of hydrogen-bond donors (Lipinski definition) is 1. The van der Waals surface area contributed by atoms with E-state index in [4.69, 9.17) is 10.5 Å². The highest BCUT2D eigenvalue weighted by Gasteiger charge is 2.14. The fourth-order valence-corrected chi connectivity index (χ4v) is 1.96. The number of nitrogens with zero attached hydrogens (tertiary/aromatic N) is 1. The molecule has 2 aromatic rings. The third-order valence-electron chi connectivity index (χ3n) is 2.63. The van der Waals surface area contributed by atoms with Crippen molar-refractivity contribution in [3.8, 4) is 11.5 Å². The highest BCUT2D eigenvalue weighted by Crippen LogP contribution is 2.34. The van der Waals surface area contributed by atoms with Gasteiger partial charge in [-0.1, -0.05) is 6.07 Å². The summed E-state index contributed by atoms with van der Waals surface area (Å²) in [5.74, 6) is -0.0280. The largest absolute Gasteiger partial charge is 0.455 e. The van der Waals surface area contributed by atoms with Crippen molar-refractivity contribution in [2.75, 3.05) is 0 Å². The predicted molar refractivity (Wildman–Crippen MR) is 75.2 cm³/mol. The molecule has 20 heavy (non-hydrogen) atoms. The Balaban J connectivity index is 2.42. The lowest BCUT2D eigenvalue weighted by Crippen LogP contribution is -2.02. The molecule has 2 aromatic carbocycles. The Morgan fingerprint density at radius 1 is 1.30 bits per heavy atom. The average Bonchev–Trinajstić information content (AvgIpc) is 2.41. The van der Waals surface area contributed by atoms with Crippen LogP contribution in [0.3, 0.4) is 0 Å². The first kappa shape index (κ1) is 14.4. The van der Waals surface area contributed by atoms with Crippen molar-refractivity contribution in [2.24, 2.45) is 5.73 Å². The van der Waals surface area contributed by atoms with E-state index in [0.717, 1.165) is 0 Å². The van der Waals surface area contributed by atoms with Crippen molar-refractivity contribution < 1.29 is 14.1 Å². The molecule has 2 N–H and O–H groups in total. The van der Waals surface area contributed by atoms with Gasteiger partial charge in [0.05, 0.1) is 15.5 Å². The Morgan fingerprint density at radius 3 is 2.70 bits per heavy atom. The summed E-state index contributed by atoms with van der Waals surface area (Å²) >= 11 is 3.23. The summed E-state index contributed by atoms with van der Waals surface area (Å²) in [4.78, 5) is 10.2. The van der Waals surface area contributed by atoms with E-state index in [2.05, 4.69) is 15.9 Å². The number of nitrogens with two attached hydrogens (primary N) is 1. The van der Waals surface area contributed by atoms with Crippen LogP contribution in [0.1, 0.15) is 5.56 Å². The molecule has 0 saturated heterocycles. The summed E-state index contributed by atoms with van der Waals surface area (Å²) in [5, 5.41) is 10.7. The molecule has 104 valence electrons. The number of hydrogen-bond acceptors (Lipinski definition) is 4. The maximum absolute atomic E-state index is 13.6. The van der Waals surface area contributed by atoms with E-state index in [1.165, 1.54) is 30.3 Å². The molecule has 0 fully saturated rings. The second-order valence-corrected chi connectivity index (χ2v) is 4.75. The van der Waals surface area contributed by atoms with E-state index in [-0.39, 0.29) is 29.3 Å². The van der Waals surface area contributed by atoms with Crippen LogP contribution >= 0.6 is 15.9 Å². The predicted octanol–water partition coefficient (Wildman–Crippen LogP) is 3.75. The first-order valence-electron chi connectivity index (χ1n) is 5.62. The van der Waals surface area contributed by atoms with E-state index in [9.17, 15) is 14.5 Å². The first-order valence-corrected chi connectivity index (χ1v) is 6.41. The van der Waals surface area contributed by atoms with Crippen LogP contribution in [0, 0.1) is 15.9 Å². The average molecular weight is 341 g/mol. The second kappa shape index (κ2) is 5.98. The van der Waals surface area contributed by atoms with Crippen LogP contribution in [0.15, 0.2) is 40.9 Å². The van der Waals surface area contributed by atoms with E-state index < -0.39 is 10.7 Å². The normalized spacial score (nSPS) is 10.3. The minimum Gasteiger partial charge on any atom is -0.455 e. The molecule has 0 aliphatic heterocycles. The lowest BCUT2D eigenvalue weighted by Gasteiger charge is -2.11. The van der Waals surface area contributed by atoms with Gasteiger partial charge in [0.15, 0.2) is 0 Å². The molecule has 0 heterocycles. The lowest BCUT2D eigenvalue weighted by atomic mass is 10.2. The van der Waals surface area contributed by atoms with Gasteiger partial charge in [0.1, 0.15) is 17.3 Å². The number of benzene rings is 2. The van der Waals surface area contributed by atoms with Crippen LogP contribution in [0.25, 0.3) is 0 Å². The molecule has 0 aliphatic carbocycles. The number of nitro groups is 1. The standard InChI is InChI=1S/C13H10BrFN2O3/c14-10-5-4-8(17(18)19)6-13(10)20-12-3-1-2-11(15)9(12)7-16/h1-6H,7,16H2. The van der Waals surface area contributed by atoms with Gasteiger partial charge in [-0.3, -0.25) is 10.1 Å². The first-order chi connectivity index (χ1) is 9.52. The summed E-state index contributed by atoms with van der Waals surface area (Å²) in [5.41, 5.74) is 5.58. The molecule has 5 nitrogen and oxygen atoms in total. The van der Waals surface area contributed by atoms with Crippen LogP contribution < -0.4 is 10.5 Å². The molecule has 7 heteroatoms. The van der Waals surface area contributed by atoms with Gasteiger partial charge in [-0.05, 0) is 34.1 Å². The summed E-state index contributed by atoms with van der Waals surface area (Å²) in [6.45, 7) is -0.0332. The molecule has 0 aromatic heterocycles. The van der Waals surface area contributed by atoms with Crippen molar-refractivity contribution in [2.45, 2.75) is 6.54 Å². The second-order valence-electron chi connectivity index (χ2n) is 3.89. The minimum absolute atomic E-state index is 0.0332. The molecule has 0 amide bonds. The van der Waals surface area contributed by atoms with Crippen molar-refractivity contribution in [3.63, 3.8) is 0 Å². The maximum Gasteiger partial charge on any atom is 0.273 e. The number of ether oxygens (including phenoxy) is 1. The van der Waals surface area contributed by atoms with Crippen LogP contribution in [0.5, 0.6) is 11.5 Å². The zero-order valence-corrected chi connectivity index (χ0v) is 11.8. The molecule has 0 aliphatic rings. The topological polar surface area (TPSA) is 78.4 Å². The fraction of sp³-hybridized carbons (Fsp3) is 0.0769. The SMILES string of the molecule is NCc1c(F)cccc1Oc1cc([N+](=O)[O-])ccc1Br. The zero-order valence-electron chi connectivity index (χ0n) is 10.2. The van der Waals surface area contributed by atoms with Gasteiger partial charge in [0, 0.05) is 18.2 Å². The molecule has 0 saturated carbocycles. The van der Waals surface area contributed by atoms with Gasteiger partial charge in [-0.2, -0.15) is 0 Å². The van der Waals surface area contributed by atoms with Gasteiger partial charge < -0.3 is 10.5 Å². The molecule has 0 radical (unpaired) electrons. The fourth-order valence-electron chi connectivity index (χ4n) is 1.63. The number of halogens is 2. The minimum atomic E-state index is -0.533. The van der Waals surface area contributed by atoms with Crippen molar-refractivity contribution in [3.05, 3.63) is 62.4 Å². The van der Waals surface area contributed by atoms with E-state index in [1.54, 1.807) is 6.07 Å². The van der Waals surface area contributed by atoms with Gasteiger partial charge in [-0.15, -0.1) is 0 Å². The number of nitro benzene ring substituents is 1.